The molecule has 1 aliphatic rings. The maximum atomic E-state index is 12.2. The number of rotatable bonds is 6. The van der Waals surface area contributed by atoms with E-state index >= 15 is 0 Å². The van der Waals surface area contributed by atoms with Gasteiger partial charge >= 0.3 is 0 Å². The van der Waals surface area contributed by atoms with Gasteiger partial charge in [-0.3, -0.25) is 4.79 Å². The Labute approximate surface area is 162 Å². The number of carbonyl (C=O) groups is 1. The third-order valence-corrected chi connectivity index (χ3v) is 5.28. The summed E-state index contributed by atoms with van der Waals surface area (Å²) in [6.07, 6.45) is 2.52. The molecule has 1 aliphatic heterocycles. The van der Waals surface area contributed by atoms with E-state index in [0.717, 1.165) is 35.9 Å². The van der Waals surface area contributed by atoms with Gasteiger partial charge in [0.15, 0.2) is 6.61 Å². The molecule has 0 aliphatic carbocycles. The van der Waals surface area contributed by atoms with Crippen LogP contribution in [0.5, 0.6) is 5.75 Å². The lowest BCUT2D eigenvalue weighted by Gasteiger charge is -2.32. The Hall–Kier alpha value is -2.49. The minimum Gasteiger partial charge on any atom is -0.484 e. The first-order valence-electron chi connectivity index (χ1n) is 9.85. The molecule has 3 rings (SSSR count). The number of hydrogen-bond donors (Lipinski definition) is 1. The highest BCUT2D eigenvalue weighted by atomic mass is 16.5. The van der Waals surface area contributed by atoms with Crippen LogP contribution in [0.25, 0.3) is 0 Å². The Bertz CT molecular complexity index is 749. The Morgan fingerprint density at radius 2 is 1.89 bits per heavy atom. The van der Waals surface area contributed by atoms with Crippen molar-refractivity contribution in [2.45, 2.75) is 39.7 Å². The number of anilines is 1. The number of aryl methyl sites for hydroxylation is 1. The summed E-state index contributed by atoms with van der Waals surface area (Å²) in [5.74, 6) is 1.44. The van der Waals surface area contributed by atoms with Crippen LogP contribution in [-0.2, 0) is 4.79 Å². The van der Waals surface area contributed by atoms with Crippen LogP contribution in [-0.4, -0.2) is 25.6 Å². The van der Waals surface area contributed by atoms with Crippen LogP contribution in [0.15, 0.2) is 48.5 Å². The highest BCUT2D eigenvalue weighted by Crippen LogP contribution is 2.24. The van der Waals surface area contributed by atoms with Crippen molar-refractivity contribution in [2.24, 2.45) is 5.92 Å². The van der Waals surface area contributed by atoms with Gasteiger partial charge in [0.1, 0.15) is 5.75 Å². The van der Waals surface area contributed by atoms with Gasteiger partial charge in [-0.05, 0) is 68.0 Å². The summed E-state index contributed by atoms with van der Waals surface area (Å²) in [6, 6.07) is 16.2. The molecule has 0 unspecified atom stereocenters. The van der Waals surface area contributed by atoms with Gasteiger partial charge in [0.2, 0.25) is 0 Å². The first-order valence-corrected chi connectivity index (χ1v) is 9.85. The fourth-order valence-electron chi connectivity index (χ4n) is 3.46. The van der Waals surface area contributed by atoms with Crippen LogP contribution < -0.4 is 15.0 Å². The van der Waals surface area contributed by atoms with Crippen LogP contribution in [0.3, 0.4) is 0 Å². The SMILES string of the molecule is Cc1cccc(OCC(=O)N[C@@H](C)c2ccc(N3CCC(C)CC3)cc2)c1. The average molecular weight is 367 g/mol. The predicted molar refractivity (Wildman–Crippen MR) is 110 cm³/mol. The molecule has 0 saturated carbocycles. The summed E-state index contributed by atoms with van der Waals surface area (Å²) < 4.78 is 5.57. The van der Waals surface area contributed by atoms with Crippen molar-refractivity contribution in [2.75, 3.05) is 24.6 Å². The molecule has 4 heteroatoms. The van der Waals surface area contributed by atoms with E-state index in [1.807, 2.05) is 38.1 Å². The lowest BCUT2D eigenvalue weighted by Crippen LogP contribution is -2.33. The van der Waals surface area contributed by atoms with Crippen molar-refractivity contribution in [3.63, 3.8) is 0 Å². The molecule has 1 amide bonds. The second kappa shape index (κ2) is 8.94. The van der Waals surface area contributed by atoms with Crippen LogP contribution in [0.4, 0.5) is 5.69 Å². The predicted octanol–water partition coefficient (Wildman–Crippen LogP) is 4.49. The molecule has 1 atom stereocenters. The molecule has 0 aromatic heterocycles. The summed E-state index contributed by atoms with van der Waals surface area (Å²) in [4.78, 5) is 14.6. The van der Waals surface area contributed by atoms with Crippen molar-refractivity contribution in [1.29, 1.82) is 0 Å². The molecule has 4 nitrogen and oxygen atoms in total. The summed E-state index contributed by atoms with van der Waals surface area (Å²) >= 11 is 0. The molecule has 144 valence electrons. The van der Waals surface area contributed by atoms with Gasteiger partial charge in [0.05, 0.1) is 6.04 Å². The van der Waals surface area contributed by atoms with E-state index in [9.17, 15) is 4.79 Å². The maximum Gasteiger partial charge on any atom is 0.258 e. The molecule has 0 radical (unpaired) electrons. The van der Waals surface area contributed by atoms with Crippen LogP contribution in [0.1, 0.15) is 43.9 Å². The summed E-state index contributed by atoms with van der Waals surface area (Å²) in [6.45, 7) is 8.61. The number of piperidine rings is 1. The largest absolute Gasteiger partial charge is 0.484 e. The van der Waals surface area contributed by atoms with Crippen molar-refractivity contribution in [3.05, 3.63) is 59.7 Å². The minimum absolute atomic E-state index is 0.0256. The second-order valence-corrected chi connectivity index (χ2v) is 7.66. The molecule has 2 aromatic carbocycles. The van der Waals surface area contributed by atoms with E-state index in [0.29, 0.717) is 0 Å². The molecule has 27 heavy (non-hydrogen) atoms. The van der Waals surface area contributed by atoms with Crippen LogP contribution in [0.2, 0.25) is 0 Å². The molecule has 1 heterocycles. The molecule has 1 saturated heterocycles. The highest BCUT2D eigenvalue weighted by molar-refractivity contribution is 5.78. The number of carbonyl (C=O) groups excluding carboxylic acids is 1. The standard InChI is InChI=1S/C23H30N2O2/c1-17-11-13-25(14-12-17)21-9-7-20(8-10-21)19(3)24-23(26)16-27-22-6-4-5-18(2)15-22/h4-10,15,17,19H,11-14,16H2,1-3H3,(H,24,26)/t19-/m0/s1. The molecule has 1 fully saturated rings. The molecule has 2 aromatic rings. The molecular formula is C23H30N2O2. The molecule has 1 N–H and O–H groups in total. The Kier molecular flexibility index (Phi) is 6.38. The molecular weight excluding hydrogens is 336 g/mol. The van der Waals surface area contributed by atoms with Gasteiger partial charge < -0.3 is 15.0 Å². The Morgan fingerprint density at radius 1 is 1.19 bits per heavy atom. The van der Waals surface area contributed by atoms with Gasteiger partial charge in [-0.2, -0.15) is 0 Å². The quantitative estimate of drug-likeness (QED) is 0.819. The van der Waals surface area contributed by atoms with E-state index in [4.69, 9.17) is 4.74 Å². The van der Waals surface area contributed by atoms with Crippen LogP contribution >= 0.6 is 0 Å². The summed E-state index contributed by atoms with van der Waals surface area (Å²) in [5.41, 5.74) is 3.49. The van der Waals surface area contributed by atoms with Crippen molar-refractivity contribution in [3.8, 4) is 5.75 Å². The number of amides is 1. The van der Waals surface area contributed by atoms with E-state index in [2.05, 4.69) is 41.4 Å². The summed E-state index contributed by atoms with van der Waals surface area (Å²) in [7, 11) is 0. The number of nitrogens with zero attached hydrogens (tertiary/aromatic N) is 1. The lowest BCUT2D eigenvalue weighted by molar-refractivity contribution is -0.123. The second-order valence-electron chi connectivity index (χ2n) is 7.66. The molecule has 0 spiro atoms. The zero-order chi connectivity index (χ0) is 19.2. The van der Waals surface area contributed by atoms with Crippen molar-refractivity contribution in [1.82, 2.24) is 5.32 Å². The number of benzene rings is 2. The van der Waals surface area contributed by atoms with Gasteiger partial charge in [0.25, 0.3) is 5.91 Å². The zero-order valence-corrected chi connectivity index (χ0v) is 16.6. The minimum atomic E-state index is -0.113. The van der Waals surface area contributed by atoms with E-state index in [1.165, 1.54) is 18.5 Å². The van der Waals surface area contributed by atoms with E-state index < -0.39 is 0 Å². The fraction of sp³-hybridized carbons (Fsp3) is 0.435. The topological polar surface area (TPSA) is 41.6 Å². The van der Waals surface area contributed by atoms with Crippen molar-refractivity contribution < 1.29 is 9.53 Å². The number of ether oxygens (including phenoxy) is 1. The Balaban J connectivity index is 1.50. The summed E-state index contributed by atoms with van der Waals surface area (Å²) in [5, 5.41) is 3.01. The Morgan fingerprint density at radius 3 is 2.56 bits per heavy atom. The van der Waals surface area contributed by atoms with Gasteiger partial charge in [-0.1, -0.05) is 31.2 Å². The maximum absolute atomic E-state index is 12.2. The third kappa shape index (κ3) is 5.49. The fourth-order valence-corrected chi connectivity index (χ4v) is 3.46. The van der Waals surface area contributed by atoms with Gasteiger partial charge in [0, 0.05) is 18.8 Å². The first kappa shape index (κ1) is 19.3. The monoisotopic (exact) mass is 366 g/mol. The van der Waals surface area contributed by atoms with E-state index in [-0.39, 0.29) is 18.6 Å². The number of hydrogen-bond acceptors (Lipinski definition) is 3. The zero-order valence-electron chi connectivity index (χ0n) is 16.6. The smallest absolute Gasteiger partial charge is 0.258 e. The van der Waals surface area contributed by atoms with Crippen molar-refractivity contribution >= 4 is 11.6 Å². The number of nitrogens with one attached hydrogen (secondary N) is 1. The average Bonchev–Trinajstić information content (AvgIpc) is 2.67. The van der Waals surface area contributed by atoms with Crippen LogP contribution in [0, 0.1) is 12.8 Å². The normalized spacial score (nSPS) is 16.0. The van der Waals surface area contributed by atoms with Gasteiger partial charge in [-0.15, -0.1) is 0 Å². The third-order valence-electron chi connectivity index (χ3n) is 5.28. The lowest BCUT2D eigenvalue weighted by atomic mass is 9.98. The molecule has 0 bridgehead atoms. The first-order chi connectivity index (χ1) is 13.0. The van der Waals surface area contributed by atoms with Gasteiger partial charge in [-0.25, -0.2) is 0 Å². The highest BCUT2D eigenvalue weighted by Gasteiger charge is 2.16. The van der Waals surface area contributed by atoms with E-state index in [1.54, 1.807) is 0 Å².